The molecule has 336 valence electrons. The normalized spacial score (nSPS) is 20.5. The maximum Gasteiger partial charge on any atom is 0.409 e. The maximum atomic E-state index is 14.6. The molecule has 0 radical (unpaired) electrons. The summed E-state index contributed by atoms with van der Waals surface area (Å²) in [5.41, 5.74) is 3.98. The summed E-state index contributed by atoms with van der Waals surface area (Å²) in [5, 5.41) is 21.6. The SMILES string of the molecule is CC.CCC(C)(O)C[C@H]1CCN(C(=O)C(NC(=O)OC(C)(C)N)C2CCCCC2)C1C(=O)NC(CC1CC1)C(=O)C(=O)NCC(=O)NC(C(=O)N(C)C)c1ccc(Br)cc1. The monoisotopic (exact) mass is 905 g/mol. The average molecular weight is 907 g/mol. The number of ketones is 1. The van der Waals surface area contributed by atoms with Gasteiger partial charge in [-0.05, 0) is 94.7 Å². The Balaban J connectivity index is 0.00000473. The first-order chi connectivity index (χ1) is 28.2. The molecule has 16 nitrogen and oxygen atoms in total. The Hall–Kier alpha value is -4.09. The molecule has 3 aliphatic rings. The van der Waals surface area contributed by atoms with Gasteiger partial charge in [0.25, 0.3) is 5.91 Å². The number of Topliss-reactive ketones (excluding diaryl/α,β-unsaturated/α-hetero) is 1. The first kappa shape index (κ1) is 50.3. The van der Waals surface area contributed by atoms with E-state index in [-0.39, 0.29) is 31.2 Å². The molecular formula is C43H68BrN7O9. The molecular weight excluding hydrogens is 838 g/mol. The highest BCUT2D eigenvalue weighted by molar-refractivity contribution is 9.10. The van der Waals surface area contributed by atoms with Crippen LogP contribution >= 0.6 is 15.9 Å². The van der Waals surface area contributed by atoms with Crippen LogP contribution in [-0.2, 0) is 33.5 Å². The van der Waals surface area contributed by atoms with Crippen molar-refractivity contribution >= 4 is 57.3 Å². The first-order valence-electron chi connectivity index (χ1n) is 21.4. The lowest BCUT2D eigenvalue weighted by molar-refractivity contribution is -0.145. The summed E-state index contributed by atoms with van der Waals surface area (Å²) >= 11 is 3.36. The van der Waals surface area contributed by atoms with Gasteiger partial charge < -0.3 is 40.9 Å². The summed E-state index contributed by atoms with van der Waals surface area (Å²) in [6, 6.07) is 2.39. The smallest absolute Gasteiger partial charge is 0.409 e. The first-order valence-corrected chi connectivity index (χ1v) is 22.2. The van der Waals surface area contributed by atoms with Crippen LogP contribution in [0.1, 0.15) is 124 Å². The van der Waals surface area contributed by atoms with E-state index in [1.54, 1.807) is 45.3 Å². The topological polar surface area (TPSA) is 230 Å². The summed E-state index contributed by atoms with van der Waals surface area (Å²) in [7, 11) is 3.10. The number of likely N-dealkylation sites (N-methyl/N-ethyl adjacent to an activating group) is 1. The number of rotatable bonds is 18. The molecule has 1 aliphatic heterocycles. The quantitative estimate of drug-likeness (QED) is 0.0922. The van der Waals surface area contributed by atoms with Crippen LogP contribution in [-0.4, -0.2) is 113 Å². The number of likely N-dealkylation sites (tertiary alicyclic amines) is 1. The van der Waals surface area contributed by atoms with Gasteiger partial charge >= 0.3 is 6.09 Å². The highest BCUT2D eigenvalue weighted by Crippen LogP contribution is 2.37. The second-order valence-electron chi connectivity index (χ2n) is 17.2. The van der Waals surface area contributed by atoms with Gasteiger partial charge in [-0.2, -0.15) is 0 Å². The predicted molar refractivity (Wildman–Crippen MR) is 230 cm³/mol. The molecule has 0 spiro atoms. The number of nitrogens with one attached hydrogen (secondary N) is 4. The Morgan fingerprint density at radius 3 is 2.10 bits per heavy atom. The number of carbonyl (C=O) groups excluding carboxylic acids is 7. The Morgan fingerprint density at radius 1 is 0.933 bits per heavy atom. The van der Waals surface area contributed by atoms with Crippen LogP contribution in [0.15, 0.2) is 28.7 Å². The molecule has 17 heteroatoms. The molecule has 1 aromatic carbocycles. The van der Waals surface area contributed by atoms with Crippen molar-refractivity contribution in [1.29, 1.82) is 0 Å². The van der Waals surface area contributed by atoms with E-state index in [0.717, 1.165) is 36.6 Å². The van der Waals surface area contributed by atoms with Crippen molar-refractivity contribution in [3.05, 3.63) is 34.3 Å². The summed E-state index contributed by atoms with van der Waals surface area (Å²) in [4.78, 5) is 97.9. The van der Waals surface area contributed by atoms with Gasteiger partial charge in [-0.25, -0.2) is 4.79 Å². The van der Waals surface area contributed by atoms with Crippen molar-refractivity contribution in [2.45, 2.75) is 148 Å². The van der Waals surface area contributed by atoms with Gasteiger partial charge in [0, 0.05) is 25.1 Å². The lowest BCUT2D eigenvalue weighted by atomic mass is 9.82. The molecule has 3 fully saturated rings. The third-order valence-electron chi connectivity index (χ3n) is 11.3. The zero-order chi connectivity index (χ0) is 44.9. The van der Waals surface area contributed by atoms with Crippen LogP contribution in [0, 0.1) is 17.8 Å². The van der Waals surface area contributed by atoms with Gasteiger partial charge in [0.05, 0.1) is 18.2 Å². The van der Waals surface area contributed by atoms with Crippen molar-refractivity contribution in [2.75, 3.05) is 27.2 Å². The molecule has 2 saturated carbocycles. The van der Waals surface area contributed by atoms with E-state index in [4.69, 9.17) is 10.5 Å². The number of benzene rings is 1. The van der Waals surface area contributed by atoms with Gasteiger partial charge in [0.15, 0.2) is 5.72 Å². The fourth-order valence-electron chi connectivity index (χ4n) is 7.80. The molecule has 5 unspecified atom stereocenters. The Labute approximate surface area is 363 Å². The van der Waals surface area contributed by atoms with Crippen LogP contribution in [0.3, 0.4) is 0 Å². The van der Waals surface area contributed by atoms with Crippen molar-refractivity contribution in [1.82, 2.24) is 31.1 Å². The summed E-state index contributed by atoms with van der Waals surface area (Å²) < 4.78 is 6.10. The van der Waals surface area contributed by atoms with E-state index in [1.165, 1.54) is 23.6 Å². The lowest BCUT2D eigenvalue weighted by Gasteiger charge is -2.36. The minimum Gasteiger partial charge on any atom is -0.429 e. The molecule has 60 heavy (non-hydrogen) atoms. The number of ether oxygens (including phenoxy) is 1. The molecule has 7 N–H and O–H groups in total. The molecule has 6 atom stereocenters. The van der Waals surface area contributed by atoms with Crippen LogP contribution in [0.4, 0.5) is 4.79 Å². The molecule has 0 aromatic heterocycles. The minimum atomic E-state index is -1.30. The fourth-order valence-corrected chi connectivity index (χ4v) is 8.06. The van der Waals surface area contributed by atoms with Gasteiger partial charge in [-0.3, -0.25) is 34.5 Å². The largest absolute Gasteiger partial charge is 0.429 e. The maximum absolute atomic E-state index is 14.6. The van der Waals surface area contributed by atoms with Crippen molar-refractivity contribution in [2.24, 2.45) is 23.5 Å². The molecule has 2 aliphatic carbocycles. The van der Waals surface area contributed by atoms with E-state index in [9.17, 15) is 38.7 Å². The van der Waals surface area contributed by atoms with Crippen LogP contribution in [0.25, 0.3) is 0 Å². The van der Waals surface area contributed by atoms with E-state index in [2.05, 4.69) is 37.2 Å². The van der Waals surface area contributed by atoms with Crippen LogP contribution in [0.2, 0.25) is 0 Å². The summed E-state index contributed by atoms with van der Waals surface area (Å²) in [5.74, 6) is -4.91. The van der Waals surface area contributed by atoms with Crippen LogP contribution in [0.5, 0.6) is 0 Å². The Kier molecular flexibility index (Phi) is 19.0. The molecule has 1 saturated heterocycles. The number of nitrogens with zero attached hydrogens (tertiary/aromatic N) is 2. The molecule has 6 amide bonds. The van der Waals surface area contributed by atoms with Crippen molar-refractivity contribution < 1.29 is 43.4 Å². The third kappa shape index (κ3) is 15.1. The molecule has 0 bridgehead atoms. The second kappa shape index (κ2) is 22.7. The van der Waals surface area contributed by atoms with Crippen LogP contribution < -0.4 is 27.0 Å². The second-order valence-corrected chi connectivity index (χ2v) is 18.1. The molecule has 4 rings (SSSR count). The Morgan fingerprint density at radius 2 is 1.55 bits per heavy atom. The number of aliphatic hydroxyl groups is 1. The van der Waals surface area contributed by atoms with Gasteiger partial charge in [0.1, 0.15) is 18.1 Å². The van der Waals surface area contributed by atoms with E-state index >= 15 is 0 Å². The number of alkyl carbamates (subject to hydrolysis) is 1. The number of carbonyl (C=O) groups is 7. The van der Waals surface area contributed by atoms with E-state index in [0.29, 0.717) is 31.2 Å². The minimum absolute atomic E-state index is 0.0877. The highest BCUT2D eigenvalue weighted by Gasteiger charge is 2.48. The van der Waals surface area contributed by atoms with Gasteiger partial charge in [0.2, 0.25) is 29.4 Å². The number of amides is 6. The lowest BCUT2D eigenvalue weighted by Crippen LogP contribution is -2.59. The summed E-state index contributed by atoms with van der Waals surface area (Å²) in [6.07, 6.45) is 6.00. The Bertz CT molecular complexity index is 1660. The fraction of sp³-hybridized carbons (Fsp3) is 0.698. The number of nitrogens with two attached hydrogens (primary N) is 1. The van der Waals surface area contributed by atoms with Gasteiger partial charge in [-0.1, -0.05) is 80.9 Å². The zero-order valence-corrected chi connectivity index (χ0v) is 38.2. The third-order valence-corrected chi connectivity index (χ3v) is 11.8. The summed E-state index contributed by atoms with van der Waals surface area (Å²) in [6.45, 7) is 10.1. The zero-order valence-electron chi connectivity index (χ0n) is 36.6. The van der Waals surface area contributed by atoms with E-state index < -0.39 is 89.4 Å². The average Bonchev–Trinajstić information content (AvgIpc) is 3.93. The number of halogens is 1. The number of hydrogen-bond acceptors (Lipinski definition) is 10. The molecule has 1 aromatic rings. The molecule has 1 heterocycles. The standard InChI is InChI=1S/C41H62BrN7O9.C2H6/c1-7-41(4,57)22-27-19-20-49(38(55)32(25-11-9-8-10-12-25)47-39(56)58-40(2,3)43)33(27)35(52)45-29(21-24-13-14-24)34(51)36(53)44-23-30(50)46-31(37(54)48(5)6)26-15-17-28(42)18-16-26;1-2/h15-18,24-25,27,29,31-33,57H,7-14,19-23,43H2,1-6H3,(H,44,53)(H,45,52)(H,46,50)(H,47,56);1-2H3/t27-,29?,31?,32?,33?,41?;/m1./s1. The number of hydrogen-bond donors (Lipinski definition) is 6. The van der Waals surface area contributed by atoms with E-state index in [1.807, 2.05) is 20.8 Å². The van der Waals surface area contributed by atoms with Crippen molar-refractivity contribution in [3.8, 4) is 0 Å². The van der Waals surface area contributed by atoms with Gasteiger partial charge in [-0.15, -0.1) is 0 Å². The highest BCUT2D eigenvalue weighted by atomic mass is 79.9. The van der Waals surface area contributed by atoms with Crippen molar-refractivity contribution in [3.63, 3.8) is 0 Å². The predicted octanol–water partition coefficient (Wildman–Crippen LogP) is 3.83.